The second-order valence-electron chi connectivity index (χ2n) is 5.75. The van der Waals surface area contributed by atoms with E-state index in [1.54, 1.807) is 0 Å². The van der Waals surface area contributed by atoms with Crippen LogP contribution in [0.4, 0.5) is 26.3 Å². The van der Waals surface area contributed by atoms with Crippen LogP contribution in [-0.2, 0) is 5.60 Å². The number of hydrogen-bond acceptors (Lipinski definition) is 2. The molecule has 8 heteroatoms. The molecule has 1 heterocycles. The molecule has 0 spiro atoms. The van der Waals surface area contributed by atoms with Crippen molar-refractivity contribution in [2.24, 2.45) is 0 Å². The summed E-state index contributed by atoms with van der Waals surface area (Å²) >= 11 is 0. The zero-order valence-corrected chi connectivity index (χ0v) is 12.8. The Hall–Kier alpha value is -2.22. The van der Waals surface area contributed by atoms with E-state index in [-0.39, 0.29) is 12.8 Å². The molecule has 1 fully saturated rings. The zero-order chi connectivity index (χ0) is 18.2. The van der Waals surface area contributed by atoms with Gasteiger partial charge in [-0.3, -0.25) is 0 Å². The first-order valence-electron chi connectivity index (χ1n) is 7.53. The molecular weight excluding hydrogens is 348 g/mol. The van der Waals surface area contributed by atoms with Gasteiger partial charge in [-0.2, -0.15) is 8.78 Å². The minimum absolute atomic E-state index is 0.206. The van der Waals surface area contributed by atoms with Gasteiger partial charge in [-0.15, -0.1) is 0 Å². The van der Waals surface area contributed by atoms with E-state index < -0.39 is 46.3 Å². The van der Waals surface area contributed by atoms with Crippen molar-refractivity contribution in [3.8, 4) is 5.75 Å². The predicted octanol–water partition coefficient (Wildman–Crippen LogP) is 4.18. The smallest absolute Gasteiger partial charge is 0.207 e. The van der Waals surface area contributed by atoms with Crippen molar-refractivity contribution in [2.45, 2.75) is 18.4 Å². The Bertz CT molecular complexity index is 758. The topological polar surface area (TPSA) is 21.3 Å². The van der Waals surface area contributed by atoms with Crippen LogP contribution in [0.25, 0.3) is 0 Å². The van der Waals surface area contributed by atoms with Crippen molar-refractivity contribution in [2.75, 3.05) is 13.1 Å². The Morgan fingerprint density at radius 3 is 1.72 bits per heavy atom. The quantitative estimate of drug-likeness (QED) is 0.503. The van der Waals surface area contributed by atoms with E-state index in [1.165, 1.54) is 12.1 Å². The molecule has 25 heavy (non-hydrogen) atoms. The fraction of sp³-hybridized carbons (Fsp3) is 0.294. The number of benzene rings is 2. The number of hydrogen-bond donors (Lipinski definition) is 1. The van der Waals surface area contributed by atoms with Crippen molar-refractivity contribution < 1.29 is 31.1 Å². The van der Waals surface area contributed by atoms with Gasteiger partial charge in [-0.05, 0) is 30.8 Å². The molecule has 1 saturated heterocycles. The van der Waals surface area contributed by atoms with Gasteiger partial charge in [0.15, 0.2) is 5.75 Å². The summed E-state index contributed by atoms with van der Waals surface area (Å²) in [5, 5.41) is 3.02. The Morgan fingerprint density at radius 1 is 0.720 bits per heavy atom. The van der Waals surface area contributed by atoms with Crippen LogP contribution < -0.4 is 10.1 Å². The third kappa shape index (κ3) is 3.06. The fourth-order valence-corrected chi connectivity index (χ4v) is 2.90. The van der Waals surface area contributed by atoms with Crippen LogP contribution in [0.3, 0.4) is 0 Å². The molecule has 2 aromatic rings. The van der Waals surface area contributed by atoms with E-state index in [9.17, 15) is 26.3 Å². The summed E-state index contributed by atoms with van der Waals surface area (Å²) in [5.74, 6) is -12.3. The van der Waals surface area contributed by atoms with Crippen molar-refractivity contribution in [3.05, 3.63) is 64.7 Å². The number of rotatable bonds is 3. The van der Waals surface area contributed by atoms with Crippen LogP contribution in [0.2, 0.25) is 0 Å². The van der Waals surface area contributed by atoms with Crippen molar-refractivity contribution in [1.29, 1.82) is 0 Å². The molecule has 1 N–H and O–H groups in total. The fourth-order valence-electron chi connectivity index (χ4n) is 2.90. The van der Waals surface area contributed by atoms with Crippen LogP contribution in [0.5, 0.6) is 5.75 Å². The summed E-state index contributed by atoms with van der Waals surface area (Å²) in [5.41, 5.74) is -0.948. The molecule has 1 aliphatic rings. The van der Waals surface area contributed by atoms with Gasteiger partial charge in [-0.25, -0.2) is 17.6 Å². The molecule has 3 rings (SSSR count). The first kappa shape index (κ1) is 17.6. The summed E-state index contributed by atoms with van der Waals surface area (Å²) in [6.45, 7) is 0.791. The lowest BCUT2D eigenvalue weighted by Crippen LogP contribution is -2.44. The molecule has 0 aromatic heterocycles. The second-order valence-corrected chi connectivity index (χ2v) is 5.75. The molecule has 0 atom stereocenters. The second kappa shape index (κ2) is 6.59. The van der Waals surface area contributed by atoms with Crippen molar-refractivity contribution in [3.63, 3.8) is 0 Å². The predicted molar refractivity (Wildman–Crippen MR) is 77.0 cm³/mol. The SMILES string of the molecule is Fc1ccc(C2(Oc3c(F)c(F)c(F)c(F)c3F)CCNCC2)cc1. The van der Waals surface area contributed by atoms with E-state index in [0.717, 1.165) is 12.1 Å². The highest BCUT2D eigenvalue weighted by Gasteiger charge is 2.39. The molecule has 134 valence electrons. The van der Waals surface area contributed by atoms with Crippen LogP contribution >= 0.6 is 0 Å². The van der Waals surface area contributed by atoms with Gasteiger partial charge < -0.3 is 10.1 Å². The highest BCUT2D eigenvalue weighted by Crippen LogP contribution is 2.39. The van der Waals surface area contributed by atoms with Gasteiger partial charge in [0.2, 0.25) is 29.1 Å². The standard InChI is InChI=1S/C17H13F6NO/c18-10-3-1-9(2-4-10)17(5-7-24-8-6-17)25-16-14(22)12(20)11(19)13(21)15(16)23/h1-4,24H,5-8H2. The first-order valence-corrected chi connectivity index (χ1v) is 7.53. The lowest BCUT2D eigenvalue weighted by molar-refractivity contribution is 0.0232. The number of halogens is 6. The normalized spacial score (nSPS) is 16.7. The van der Waals surface area contributed by atoms with E-state index in [2.05, 4.69) is 5.32 Å². The molecule has 0 amide bonds. The largest absolute Gasteiger partial charge is 0.476 e. The number of nitrogens with one attached hydrogen (secondary N) is 1. The van der Waals surface area contributed by atoms with Gasteiger partial charge in [0.25, 0.3) is 0 Å². The third-order valence-electron chi connectivity index (χ3n) is 4.25. The van der Waals surface area contributed by atoms with Crippen LogP contribution in [0, 0.1) is 34.9 Å². The molecule has 0 aliphatic carbocycles. The summed E-state index contributed by atoms with van der Waals surface area (Å²) in [4.78, 5) is 0. The molecule has 0 radical (unpaired) electrons. The maximum Gasteiger partial charge on any atom is 0.207 e. The van der Waals surface area contributed by atoms with Gasteiger partial charge in [-0.1, -0.05) is 12.1 Å². The monoisotopic (exact) mass is 361 g/mol. The van der Waals surface area contributed by atoms with Gasteiger partial charge in [0.05, 0.1) is 0 Å². The summed E-state index contributed by atoms with van der Waals surface area (Å²) in [6, 6.07) is 5.02. The van der Waals surface area contributed by atoms with E-state index in [1.807, 2.05) is 0 Å². The van der Waals surface area contributed by atoms with Crippen LogP contribution in [0.15, 0.2) is 24.3 Å². The molecule has 0 bridgehead atoms. The van der Waals surface area contributed by atoms with Crippen molar-refractivity contribution >= 4 is 0 Å². The Morgan fingerprint density at radius 2 is 1.20 bits per heavy atom. The molecular formula is C17H13F6NO. The average Bonchev–Trinajstić information content (AvgIpc) is 2.63. The van der Waals surface area contributed by atoms with Crippen LogP contribution in [-0.4, -0.2) is 13.1 Å². The van der Waals surface area contributed by atoms with E-state index in [4.69, 9.17) is 4.74 Å². The lowest BCUT2D eigenvalue weighted by atomic mass is 9.84. The average molecular weight is 361 g/mol. The number of piperidine rings is 1. The summed E-state index contributed by atoms with van der Waals surface area (Å²) < 4.78 is 86.6. The Labute approximate surface area is 139 Å². The molecule has 2 aromatic carbocycles. The first-order chi connectivity index (χ1) is 11.9. The summed E-state index contributed by atoms with van der Waals surface area (Å²) in [7, 11) is 0. The van der Waals surface area contributed by atoms with Gasteiger partial charge >= 0.3 is 0 Å². The van der Waals surface area contributed by atoms with E-state index in [0.29, 0.717) is 18.7 Å². The maximum absolute atomic E-state index is 14.0. The molecule has 0 unspecified atom stereocenters. The molecule has 2 nitrogen and oxygen atoms in total. The summed E-state index contributed by atoms with van der Waals surface area (Å²) in [6.07, 6.45) is 0.413. The van der Waals surface area contributed by atoms with E-state index >= 15 is 0 Å². The lowest BCUT2D eigenvalue weighted by Gasteiger charge is -2.38. The molecule has 1 aliphatic heterocycles. The highest BCUT2D eigenvalue weighted by molar-refractivity contribution is 5.33. The van der Waals surface area contributed by atoms with Gasteiger partial charge in [0, 0.05) is 12.8 Å². The van der Waals surface area contributed by atoms with Crippen LogP contribution in [0.1, 0.15) is 18.4 Å². The number of ether oxygens (including phenoxy) is 1. The Balaban J connectivity index is 2.10. The third-order valence-corrected chi connectivity index (χ3v) is 4.25. The minimum atomic E-state index is -2.25. The van der Waals surface area contributed by atoms with Crippen molar-refractivity contribution in [1.82, 2.24) is 5.32 Å². The zero-order valence-electron chi connectivity index (χ0n) is 12.8. The minimum Gasteiger partial charge on any atom is -0.476 e. The van der Waals surface area contributed by atoms with Gasteiger partial charge in [0.1, 0.15) is 11.4 Å². The Kier molecular flexibility index (Phi) is 4.64. The highest BCUT2D eigenvalue weighted by atomic mass is 19.2. The maximum atomic E-state index is 14.0. The molecule has 0 saturated carbocycles.